The lowest BCUT2D eigenvalue weighted by Crippen LogP contribution is -2.36. The summed E-state index contributed by atoms with van der Waals surface area (Å²) >= 11 is 0. The molecule has 2 rings (SSSR count). The number of rotatable bonds is 3. The third-order valence-electron chi connectivity index (χ3n) is 3.80. The van der Waals surface area contributed by atoms with Gasteiger partial charge in [-0.05, 0) is 31.9 Å². The molecule has 0 N–H and O–H groups in total. The van der Waals surface area contributed by atoms with Crippen LogP contribution in [0.3, 0.4) is 0 Å². The summed E-state index contributed by atoms with van der Waals surface area (Å²) in [5.41, 5.74) is 1.47. The number of amides is 1. The van der Waals surface area contributed by atoms with Gasteiger partial charge in [-0.2, -0.15) is 0 Å². The lowest BCUT2D eigenvalue weighted by molar-refractivity contribution is -0.121. The Morgan fingerprint density at radius 1 is 1.30 bits per heavy atom. The summed E-state index contributed by atoms with van der Waals surface area (Å²) in [7, 11) is 3.43. The Labute approximate surface area is 119 Å². The average Bonchev–Trinajstić information content (AvgIpc) is 2.46. The number of Topliss-reactive ketones (excluding diaryl/α,β-unsaturated/α-hetero) is 1. The molecule has 1 amide bonds. The number of pyridine rings is 1. The molecule has 5 heteroatoms. The van der Waals surface area contributed by atoms with E-state index in [1.54, 1.807) is 27.2 Å². The van der Waals surface area contributed by atoms with Gasteiger partial charge in [-0.25, -0.2) is 0 Å². The summed E-state index contributed by atoms with van der Waals surface area (Å²) in [5.74, 6) is 0.379. The molecule has 1 aliphatic heterocycles. The van der Waals surface area contributed by atoms with Gasteiger partial charge in [0.1, 0.15) is 11.5 Å². The van der Waals surface area contributed by atoms with Gasteiger partial charge in [0.05, 0.1) is 0 Å². The van der Waals surface area contributed by atoms with E-state index in [0.717, 1.165) is 31.6 Å². The van der Waals surface area contributed by atoms with Gasteiger partial charge in [-0.15, -0.1) is 0 Å². The topological polar surface area (TPSA) is 53.5 Å². The zero-order valence-corrected chi connectivity index (χ0v) is 12.3. The highest BCUT2D eigenvalue weighted by Crippen LogP contribution is 2.24. The summed E-state index contributed by atoms with van der Waals surface area (Å²) in [5, 5.41) is 0. The van der Waals surface area contributed by atoms with Crippen LogP contribution in [-0.2, 0) is 4.79 Å². The van der Waals surface area contributed by atoms with Gasteiger partial charge in [0.2, 0.25) is 0 Å². The molecular weight excluding hydrogens is 254 g/mol. The summed E-state index contributed by atoms with van der Waals surface area (Å²) < 4.78 is 0. The van der Waals surface area contributed by atoms with E-state index < -0.39 is 0 Å². The van der Waals surface area contributed by atoms with Crippen LogP contribution in [0.5, 0.6) is 0 Å². The van der Waals surface area contributed by atoms with Crippen LogP contribution in [0.25, 0.3) is 0 Å². The minimum atomic E-state index is -0.0922. The van der Waals surface area contributed by atoms with Crippen molar-refractivity contribution in [2.75, 3.05) is 32.1 Å². The average molecular weight is 275 g/mol. The van der Waals surface area contributed by atoms with Crippen molar-refractivity contribution in [3.05, 3.63) is 24.0 Å². The molecule has 1 aromatic rings. The quantitative estimate of drug-likeness (QED) is 0.840. The third kappa shape index (κ3) is 3.15. The maximum absolute atomic E-state index is 11.9. The van der Waals surface area contributed by atoms with E-state index in [2.05, 4.69) is 9.88 Å². The number of anilines is 1. The van der Waals surface area contributed by atoms with Crippen LogP contribution in [0.4, 0.5) is 5.69 Å². The van der Waals surface area contributed by atoms with Gasteiger partial charge in [-0.3, -0.25) is 14.6 Å². The second kappa shape index (κ2) is 6.03. The molecule has 1 saturated heterocycles. The second-order valence-corrected chi connectivity index (χ2v) is 5.47. The highest BCUT2D eigenvalue weighted by Gasteiger charge is 2.23. The number of hydrogen-bond donors (Lipinski definition) is 0. The highest BCUT2D eigenvalue weighted by atomic mass is 16.2. The molecule has 0 atom stereocenters. The molecule has 108 valence electrons. The summed E-state index contributed by atoms with van der Waals surface area (Å²) in [4.78, 5) is 31.2. The molecule has 2 heterocycles. The van der Waals surface area contributed by atoms with Gasteiger partial charge in [-0.1, -0.05) is 0 Å². The zero-order valence-electron chi connectivity index (χ0n) is 12.3. The highest BCUT2D eigenvalue weighted by molar-refractivity contribution is 5.92. The Kier molecular flexibility index (Phi) is 4.37. The molecule has 1 fully saturated rings. The standard InChI is InChI=1S/C15H21N3O2/c1-11(19)12-5-8-18(9-6-12)13-4-7-16-14(10-13)15(20)17(2)3/h4,7,10,12H,5-6,8-9H2,1-3H3. The van der Waals surface area contributed by atoms with Gasteiger partial charge >= 0.3 is 0 Å². The number of piperidine rings is 1. The molecule has 1 aliphatic rings. The first-order chi connectivity index (χ1) is 9.49. The fourth-order valence-corrected chi connectivity index (χ4v) is 2.51. The Bertz CT molecular complexity index is 506. The van der Waals surface area contributed by atoms with Crippen LogP contribution in [0.2, 0.25) is 0 Å². The van der Waals surface area contributed by atoms with Crippen LogP contribution in [-0.4, -0.2) is 48.8 Å². The Hall–Kier alpha value is -1.91. The first-order valence-corrected chi connectivity index (χ1v) is 6.92. The first kappa shape index (κ1) is 14.5. The predicted octanol–water partition coefficient (Wildman–Crippen LogP) is 1.59. The largest absolute Gasteiger partial charge is 0.371 e. The van der Waals surface area contributed by atoms with Gasteiger partial charge in [0.15, 0.2) is 0 Å². The Morgan fingerprint density at radius 2 is 1.95 bits per heavy atom. The molecule has 0 aromatic carbocycles. The molecule has 0 bridgehead atoms. The van der Waals surface area contributed by atoms with E-state index in [1.807, 2.05) is 12.1 Å². The van der Waals surface area contributed by atoms with E-state index in [0.29, 0.717) is 5.69 Å². The molecule has 0 aliphatic carbocycles. The van der Waals surface area contributed by atoms with Gasteiger partial charge in [0.25, 0.3) is 5.91 Å². The maximum atomic E-state index is 11.9. The van der Waals surface area contributed by atoms with Crippen LogP contribution in [0.15, 0.2) is 18.3 Å². The van der Waals surface area contributed by atoms with E-state index >= 15 is 0 Å². The van der Waals surface area contributed by atoms with E-state index in [-0.39, 0.29) is 17.6 Å². The summed E-state index contributed by atoms with van der Waals surface area (Å²) in [6.07, 6.45) is 3.44. The van der Waals surface area contributed by atoms with Crippen molar-refractivity contribution in [2.24, 2.45) is 5.92 Å². The Balaban J connectivity index is 2.09. The molecule has 5 nitrogen and oxygen atoms in total. The van der Waals surface area contributed by atoms with Crippen molar-refractivity contribution in [1.82, 2.24) is 9.88 Å². The lowest BCUT2D eigenvalue weighted by Gasteiger charge is -2.32. The molecule has 0 radical (unpaired) electrons. The number of aromatic nitrogens is 1. The fraction of sp³-hybridized carbons (Fsp3) is 0.533. The van der Waals surface area contributed by atoms with Crippen molar-refractivity contribution in [1.29, 1.82) is 0 Å². The smallest absolute Gasteiger partial charge is 0.272 e. The monoisotopic (exact) mass is 275 g/mol. The minimum absolute atomic E-state index is 0.0922. The van der Waals surface area contributed by atoms with Crippen LogP contribution in [0.1, 0.15) is 30.3 Å². The number of carbonyl (C=O) groups excluding carboxylic acids is 2. The van der Waals surface area contributed by atoms with Crippen LogP contribution < -0.4 is 4.90 Å². The summed E-state index contributed by atoms with van der Waals surface area (Å²) in [6, 6.07) is 3.75. The normalized spacial score (nSPS) is 16.1. The van der Waals surface area contributed by atoms with E-state index in [1.165, 1.54) is 4.90 Å². The van der Waals surface area contributed by atoms with Crippen molar-refractivity contribution in [2.45, 2.75) is 19.8 Å². The van der Waals surface area contributed by atoms with E-state index in [4.69, 9.17) is 0 Å². The molecular formula is C15H21N3O2. The molecule has 1 aromatic heterocycles. The maximum Gasteiger partial charge on any atom is 0.272 e. The number of nitrogens with zero attached hydrogens (tertiary/aromatic N) is 3. The van der Waals surface area contributed by atoms with Crippen LogP contribution in [0, 0.1) is 5.92 Å². The van der Waals surface area contributed by atoms with Crippen LogP contribution >= 0.6 is 0 Å². The van der Waals surface area contributed by atoms with Gasteiger partial charge < -0.3 is 9.80 Å². The zero-order chi connectivity index (χ0) is 14.7. The molecule has 0 saturated carbocycles. The summed E-state index contributed by atoms with van der Waals surface area (Å²) in [6.45, 7) is 3.37. The van der Waals surface area contributed by atoms with Crippen molar-refractivity contribution in [3.63, 3.8) is 0 Å². The fourth-order valence-electron chi connectivity index (χ4n) is 2.51. The predicted molar refractivity (Wildman–Crippen MR) is 77.9 cm³/mol. The first-order valence-electron chi connectivity index (χ1n) is 6.92. The molecule has 0 unspecified atom stereocenters. The third-order valence-corrected chi connectivity index (χ3v) is 3.80. The number of hydrogen-bond acceptors (Lipinski definition) is 4. The second-order valence-electron chi connectivity index (χ2n) is 5.47. The lowest BCUT2D eigenvalue weighted by atomic mass is 9.93. The Morgan fingerprint density at radius 3 is 2.50 bits per heavy atom. The number of carbonyl (C=O) groups is 2. The molecule has 20 heavy (non-hydrogen) atoms. The molecule has 0 spiro atoms. The minimum Gasteiger partial charge on any atom is -0.371 e. The SMILES string of the molecule is CC(=O)C1CCN(c2ccnc(C(=O)N(C)C)c2)CC1. The van der Waals surface area contributed by atoms with E-state index in [9.17, 15) is 9.59 Å². The van der Waals surface area contributed by atoms with Crippen molar-refractivity contribution in [3.8, 4) is 0 Å². The number of ketones is 1. The van der Waals surface area contributed by atoms with Crippen molar-refractivity contribution >= 4 is 17.4 Å². The van der Waals surface area contributed by atoms with Crippen molar-refractivity contribution < 1.29 is 9.59 Å². The van der Waals surface area contributed by atoms with Gasteiger partial charge in [0, 0.05) is 45.0 Å².